The van der Waals surface area contributed by atoms with Gasteiger partial charge in [0.25, 0.3) is 0 Å². The zero-order valence-electron chi connectivity index (χ0n) is 9.51. The molecule has 0 aliphatic heterocycles. The van der Waals surface area contributed by atoms with E-state index in [9.17, 15) is 0 Å². The number of ether oxygens (including phenoxy) is 2. The zero-order valence-corrected chi connectivity index (χ0v) is 9.51. The summed E-state index contributed by atoms with van der Waals surface area (Å²) in [6, 6.07) is 2.28. The van der Waals surface area contributed by atoms with Gasteiger partial charge in [0, 0.05) is 26.9 Å². The van der Waals surface area contributed by atoms with E-state index in [2.05, 4.69) is 6.07 Å². The smallest absolute Gasteiger partial charge is 0.0683 e. The first kappa shape index (κ1) is 13.4. The van der Waals surface area contributed by atoms with Gasteiger partial charge in [-0.15, -0.1) is 0 Å². The van der Waals surface area contributed by atoms with Crippen LogP contribution in [0.1, 0.15) is 33.1 Å². The minimum absolute atomic E-state index is 0.212. The average Bonchev–Trinajstić information content (AvgIpc) is 2.16. The van der Waals surface area contributed by atoms with Crippen LogP contribution in [0.2, 0.25) is 0 Å². The van der Waals surface area contributed by atoms with Crippen LogP contribution in [0.5, 0.6) is 0 Å². The fraction of sp³-hybridized carbons (Fsp3) is 0.909. The zero-order chi connectivity index (χ0) is 10.9. The predicted molar refractivity (Wildman–Crippen MR) is 55.9 cm³/mol. The van der Waals surface area contributed by atoms with Gasteiger partial charge in [0.2, 0.25) is 0 Å². The summed E-state index contributed by atoms with van der Waals surface area (Å²) >= 11 is 0. The Morgan fingerprint density at radius 1 is 1.14 bits per heavy atom. The molecule has 3 nitrogen and oxygen atoms in total. The molecule has 0 saturated heterocycles. The second kappa shape index (κ2) is 7.78. The highest BCUT2D eigenvalue weighted by molar-refractivity contribution is 4.91. The van der Waals surface area contributed by atoms with Crippen molar-refractivity contribution >= 4 is 0 Å². The topological polar surface area (TPSA) is 42.2 Å². The van der Waals surface area contributed by atoms with Crippen LogP contribution in [0.4, 0.5) is 0 Å². The third-order valence-corrected chi connectivity index (χ3v) is 2.03. The Morgan fingerprint density at radius 2 is 1.79 bits per heavy atom. The van der Waals surface area contributed by atoms with Crippen LogP contribution in [0, 0.1) is 16.7 Å². The van der Waals surface area contributed by atoms with Crippen molar-refractivity contribution in [1.29, 1.82) is 5.26 Å². The highest BCUT2D eigenvalue weighted by Crippen LogP contribution is 2.20. The molecule has 0 saturated carbocycles. The standard InChI is InChI=1S/C11H21NO2/c1-11(2,10-12)6-4-8-14-9-5-7-13-3/h4-9H2,1-3H3. The maximum absolute atomic E-state index is 8.76. The van der Waals surface area contributed by atoms with E-state index in [-0.39, 0.29) is 5.41 Å². The molecule has 82 valence electrons. The van der Waals surface area contributed by atoms with Gasteiger partial charge < -0.3 is 9.47 Å². The Balaban J connectivity index is 3.18. The van der Waals surface area contributed by atoms with Crippen molar-refractivity contribution in [1.82, 2.24) is 0 Å². The molecule has 0 radical (unpaired) electrons. The van der Waals surface area contributed by atoms with Crippen molar-refractivity contribution in [3.05, 3.63) is 0 Å². The lowest BCUT2D eigenvalue weighted by atomic mass is 9.90. The Hall–Kier alpha value is -0.590. The molecule has 0 aromatic rings. The van der Waals surface area contributed by atoms with Crippen LogP contribution < -0.4 is 0 Å². The second-order valence-electron chi connectivity index (χ2n) is 4.06. The maximum atomic E-state index is 8.76. The molecule has 0 spiro atoms. The Morgan fingerprint density at radius 3 is 2.36 bits per heavy atom. The number of methoxy groups -OCH3 is 1. The second-order valence-corrected chi connectivity index (χ2v) is 4.06. The molecule has 0 aromatic carbocycles. The molecule has 0 heterocycles. The summed E-state index contributed by atoms with van der Waals surface area (Å²) in [7, 11) is 1.69. The lowest BCUT2D eigenvalue weighted by Crippen LogP contribution is -2.09. The fourth-order valence-corrected chi connectivity index (χ4v) is 1.08. The average molecular weight is 199 g/mol. The lowest BCUT2D eigenvalue weighted by molar-refractivity contribution is 0.0972. The first-order valence-electron chi connectivity index (χ1n) is 5.10. The van der Waals surface area contributed by atoms with Gasteiger partial charge in [-0.2, -0.15) is 5.26 Å². The number of hydrogen-bond donors (Lipinski definition) is 0. The summed E-state index contributed by atoms with van der Waals surface area (Å²) in [6.07, 6.45) is 2.79. The summed E-state index contributed by atoms with van der Waals surface area (Å²) in [4.78, 5) is 0. The van der Waals surface area contributed by atoms with Crippen molar-refractivity contribution < 1.29 is 9.47 Å². The van der Waals surface area contributed by atoms with E-state index in [1.54, 1.807) is 7.11 Å². The summed E-state index contributed by atoms with van der Waals surface area (Å²) < 4.78 is 10.3. The third-order valence-electron chi connectivity index (χ3n) is 2.03. The van der Waals surface area contributed by atoms with E-state index in [0.29, 0.717) is 0 Å². The molecule has 0 aromatic heterocycles. The predicted octanol–water partition coefficient (Wildman–Crippen LogP) is 2.37. The molecular weight excluding hydrogens is 178 g/mol. The van der Waals surface area contributed by atoms with Crippen LogP contribution >= 0.6 is 0 Å². The van der Waals surface area contributed by atoms with E-state index < -0.39 is 0 Å². The van der Waals surface area contributed by atoms with E-state index in [0.717, 1.165) is 39.1 Å². The Kier molecular flexibility index (Phi) is 7.45. The molecule has 0 rings (SSSR count). The summed E-state index contributed by atoms with van der Waals surface area (Å²) in [5.74, 6) is 0. The van der Waals surface area contributed by atoms with Crippen LogP contribution in [-0.2, 0) is 9.47 Å². The number of nitrogens with zero attached hydrogens (tertiary/aromatic N) is 1. The van der Waals surface area contributed by atoms with Gasteiger partial charge in [0.1, 0.15) is 0 Å². The van der Waals surface area contributed by atoms with E-state index in [1.807, 2.05) is 13.8 Å². The highest BCUT2D eigenvalue weighted by atomic mass is 16.5. The minimum Gasteiger partial charge on any atom is -0.385 e. The van der Waals surface area contributed by atoms with Gasteiger partial charge in [-0.1, -0.05) is 0 Å². The summed E-state index contributed by atoms with van der Waals surface area (Å²) in [6.45, 7) is 6.16. The van der Waals surface area contributed by atoms with Gasteiger partial charge in [0.05, 0.1) is 11.5 Å². The van der Waals surface area contributed by atoms with Crippen molar-refractivity contribution in [2.75, 3.05) is 26.9 Å². The van der Waals surface area contributed by atoms with Gasteiger partial charge >= 0.3 is 0 Å². The monoisotopic (exact) mass is 199 g/mol. The van der Waals surface area contributed by atoms with Crippen molar-refractivity contribution in [2.24, 2.45) is 5.41 Å². The number of nitriles is 1. The molecule has 0 amide bonds. The molecular formula is C11H21NO2. The Labute approximate surface area is 87.0 Å². The number of rotatable bonds is 8. The lowest BCUT2D eigenvalue weighted by Gasteiger charge is -2.14. The van der Waals surface area contributed by atoms with Crippen molar-refractivity contribution in [3.8, 4) is 6.07 Å². The molecule has 0 aliphatic rings. The Bertz CT molecular complexity index is 173. The number of hydrogen-bond acceptors (Lipinski definition) is 3. The molecule has 0 fully saturated rings. The fourth-order valence-electron chi connectivity index (χ4n) is 1.08. The van der Waals surface area contributed by atoms with E-state index in [4.69, 9.17) is 14.7 Å². The SMILES string of the molecule is COCCCOCCCC(C)(C)C#N. The van der Waals surface area contributed by atoms with Crippen LogP contribution in [0.15, 0.2) is 0 Å². The molecule has 3 heteroatoms. The van der Waals surface area contributed by atoms with Crippen LogP contribution in [-0.4, -0.2) is 26.9 Å². The first-order chi connectivity index (χ1) is 6.62. The minimum atomic E-state index is -0.212. The van der Waals surface area contributed by atoms with Crippen molar-refractivity contribution in [2.45, 2.75) is 33.1 Å². The van der Waals surface area contributed by atoms with E-state index in [1.165, 1.54) is 0 Å². The maximum Gasteiger partial charge on any atom is 0.0683 e. The molecule has 0 aliphatic carbocycles. The highest BCUT2D eigenvalue weighted by Gasteiger charge is 2.15. The van der Waals surface area contributed by atoms with E-state index >= 15 is 0 Å². The molecule has 0 N–H and O–H groups in total. The molecule has 14 heavy (non-hydrogen) atoms. The van der Waals surface area contributed by atoms with Crippen LogP contribution in [0.3, 0.4) is 0 Å². The van der Waals surface area contributed by atoms with Gasteiger partial charge in [-0.3, -0.25) is 0 Å². The normalized spacial score (nSPS) is 11.3. The van der Waals surface area contributed by atoms with Gasteiger partial charge in [-0.25, -0.2) is 0 Å². The van der Waals surface area contributed by atoms with Gasteiger partial charge in [0.15, 0.2) is 0 Å². The first-order valence-corrected chi connectivity index (χ1v) is 5.10. The van der Waals surface area contributed by atoms with Gasteiger partial charge in [-0.05, 0) is 33.1 Å². The summed E-state index contributed by atoms with van der Waals surface area (Å²) in [5, 5.41) is 8.76. The summed E-state index contributed by atoms with van der Waals surface area (Å²) in [5.41, 5.74) is -0.212. The van der Waals surface area contributed by atoms with Crippen LogP contribution in [0.25, 0.3) is 0 Å². The molecule has 0 unspecified atom stereocenters. The third kappa shape index (κ3) is 8.03. The molecule has 0 atom stereocenters. The molecule has 0 bridgehead atoms. The quantitative estimate of drug-likeness (QED) is 0.564. The van der Waals surface area contributed by atoms with Crippen molar-refractivity contribution in [3.63, 3.8) is 0 Å². The largest absolute Gasteiger partial charge is 0.385 e.